The molecule has 0 aromatic heterocycles. The van der Waals surface area contributed by atoms with E-state index in [-0.39, 0.29) is 11.8 Å². The monoisotopic (exact) mass is 578 g/mol. The predicted octanol–water partition coefficient (Wildman–Crippen LogP) is 5.92. The number of carbonyl (C=O) groups is 2. The van der Waals surface area contributed by atoms with Crippen molar-refractivity contribution in [3.8, 4) is 0 Å². The average molecular weight is 579 g/mol. The smallest absolute Gasteiger partial charge is 0.397 e. The van der Waals surface area contributed by atoms with Crippen molar-refractivity contribution in [2.75, 3.05) is 36.1 Å². The number of nitrogens with two attached hydrogens (primary N) is 1. The van der Waals surface area contributed by atoms with Crippen LogP contribution in [0.15, 0.2) is 78.9 Å². The number of nitrogens with one attached hydrogen (secondary N) is 2. The van der Waals surface area contributed by atoms with Crippen LogP contribution in [0.1, 0.15) is 41.9 Å². The van der Waals surface area contributed by atoms with Gasteiger partial charge in [0, 0.05) is 24.4 Å². The van der Waals surface area contributed by atoms with Crippen molar-refractivity contribution in [3.63, 3.8) is 0 Å². The van der Waals surface area contributed by atoms with Gasteiger partial charge in [-0.25, -0.2) is 0 Å². The summed E-state index contributed by atoms with van der Waals surface area (Å²) in [6, 6.07) is 19.2. The minimum absolute atomic E-state index is 0.288. The maximum absolute atomic E-state index is 13.4. The molecule has 0 spiro atoms. The number of rotatable bonds is 10. The summed E-state index contributed by atoms with van der Waals surface area (Å²) < 4.78 is 44.6. The summed E-state index contributed by atoms with van der Waals surface area (Å²) >= 11 is 0. The first-order valence-electron chi connectivity index (χ1n) is 13.9. The number of fused-ring (bicyclic) bond motifs is 2. The summed E-state index contributed by atoms with van der Waals surface area (Å²) in [4.78, 5) is 28.2. The zero-order valence-electron chi connectivity index (χ0n) is 22.9. The van der Waals surface area contributed by atoms with Gasteiger partial charge in [-0.05, 0) is 79.4 Å². The number of alkyl halides is 3. The zero-order valence-corrected chi connectivity index (χ0v) is 22.9. The maximum atomic E-state index is 13.4. The van der Waals surface area contributed by atoms with E-state index in [2.05, 4.69) is 15.5 Å². The highest BCUT2D eigenvalue weighted by Crippen LogP contribution is 2.32. The number of halogens is 3. The quantitative estimate of drug-likeness (QED) is 0.205. The standard InChI is InChI=1S/C32H33F3N4O3/c33-32(34,35)23-12-14-24(15-13-23)37-31(41)27(4-3-17-39-19-26-18-25(39)20-42-26)22-10-7-21(8-11-22)9-16-30(40)38-29-6-2-1-5-28(29)36/h1-2,5-16,25-27H,3-4,17-20,36H2,(H,37,41)(H,38,40)/b16-9+/t25-,26-,27?/m0/s1. The number of nitrogen functional groups attached to an aromatic ring is 1. The third kappa shape index (κ3) is 7.37. The number of para-hydroxylation sites is 2. The Morgan fingerprint density at radius 3 is 2.40 bits per heavy atom. The van der Waals surface area contributed by atoms with E-state index in [1.54, 1.807) is 30.3 Å². The lowest BCUT2D eigenvalue weighted by molar-refractivity contribution is -0.137. The van der Waals surface area contributed by atoms with E-state index >= 15 is 0 Å². The first kappa shape index (κ1) is 29.3. The predicted molar refractivity (Wildman–Crippen MR) is 157 cm³/mol. The van der Waals surface area contributed by atoms with Gasteiger partial charge in [0.2, 0.25) is 11.8 Å². The van der Waals surface area contributed by atoms with Gasteiger partial charge in [0.15, 0.2) is 0 Å². The largest absolute Gasteiger partial charge is 0.416 e. The molecule has 3 atom stereocenters. The summed E-state index contributed by atoms with van der Waals surface area (Å²) in [5.74, 6) is -1.12. The third-order valence-electron chi connectivity index (χ3n) is 7.73. The van der Waals surface area contributed by atoms with Crippen LogP contribution in [0.4, 0.5) is 30.2 Å². The van der Waals surface area contributed by atoms with Gasteiger partial charge < -0.3 is 21.1 Å². The second-order valence-electron chi connectivity index (χ2n) is 10.7. The molecule has 2 heterocycles. The molecule has 2 amide bonds. The Morgan fingerprint density at radius 1 is 1.02 bits per heavy atom. The van der Waals surface area contributed by atoms with Crippen molar-refractivity contribution >= 4 is 35.0 Å². The molecule has 220 valence electrons. The first-order valence-corrected chi connectivity index (χ1v) is 13.9. The summed E-state index contributed by atoms with van der Waals surface area (Å²) in [5, 5.41) is 5.53. The highest BCUT2D eigenvalue weighted by molar-refractivity contribution is 6.03. The molecule has 5 rings (SSSR count). The van der Waals surface area contributed by atoms with Gasteiger partial charge in [0.1, 0.15) is 0 Å². The molecule has 7 nitrogen and oxygen atoms in total. The van der Waals surface area contributed by atoms with Gasteiger partial charge in [0.25, 0.3) is 0 Å². The normalized spacial score (nSPS) is 19.2. The lowest BCUT2D eigenvalue weighted by Crippen LogP contribution is -2.37. The fraction of sp³-hybridized carbons (Fsp3) is 0.312. The van der Waals surface area contributed by atoms with E-state index in [1.165, 1.54) is 18.2 Å². The molecule has 2 saturated heterocycles. The van der Waals surface area contributed by atoms with E-state index in [4.69, 9.17) is 10.5 Å². The molecular formula is C32H33F3N4O3. The van der Waals surface area contributed by atoms with Crippen LogP contribution in [-0.2, 0) is 20.5 Å². The van der Waals surface area contributed by atoms with Crippen molar-refractivity contribution in [1.29, 1.82) is 0 Å². The Kier molecular flexibility index (Phi) is 8.94. The lowest BCUT2D eigenvalue weighted by atomic mass is 9.92. The van der Waals surface area contributed by atoms with Crippen molar-refractivity contribution in [3.05, 3.63) is 95.6 Å². The number of ether oxygens (including phenoxy) is 1. The SMILES string of the molecule is Nc1ccccc1NC(=O)/C=C/c1ccc(C(CCCN2C[C@@H]3C[C@H]2CO3)C(=O)Nc2ccc(C(F)(F)F)cc2)cc1. The molecule has 2 aliphatic rings. The minimum atomic E-state index is -4.45. The van der Waals surface area contributed by atoms with Gasteiger partial charge in [-0.15, -0.1) is 0 Å². The Balaban J connectivity index is 1.25. The van der Waals surface area contributed by atoms with Gasteiger partial charge >= 0.3 is 6.18 Å². The van der Waals surface area contributed by atoms with Crippen LogP contribution in [0.3, 0.4) is 0 Å². The Hall–Kier alpha value is -4.15. The first-order chi connectivity index (χ1) is 20.2. The molecule has 0 saturated carbocycles. The van der Waals surface area contributed by atoms with E-state index in [1.807, 2.05) is 24.3 Å². The number of hydrogen-bond donors (Lipinski definition) is 3. The molecule has 2 aliphatic heterocycles. The van der Waals surface area contributed by atoms with Crippen LogP contribution in [0.25, 0.3) is 6.08 Å². The van der Waals surface area contributed by atoms with E-state index in [0.29, 0.717) is 35.6 Å². The van der Waals surface area contributed by atoms with E-state index in [9.17, 15) is 22.8 Å². The summed E-state index contributed by atoms with van der Waals surface area (Å²) in [6.45, 7) is 2.49. The molecule has 3 aromatic rings. The molecule has 0 aliphatic carbocycles. The molecule has 1 unspecified atom stereocenters. The molecule has 2 bridgehead atoms. The number of anilines is 3. The van der Waals surface area contributed by atoms with E-state index < -0.39 is 17.7 Å². The fourth-order valence-electron chi connectivity index (χ4n) is 5.47. The number of benzene rings is 3. The Bertz CT molecular complexity index is 1420. The number of morpholine rings is 1. The zero-order chi connectivity index (χ0) is 29.7. The van der Waals surface area contributed by atoms with Crippen LogP contribution in [0, 0.1) is 0 Å². The summed E-state index contributed by atoms with van der Waals surface area (Å²) in [6.07, 6.45) is 1.31. The molecule has 10 heteroatoms. The van der Waals surface area contributed by atoms with Crippen molar-refractivity contribution in [1.82, 2.24) is 4.90 Å². The number of likely N-dealkylation sites (tertiary alicyclic amines) is 1. The second kappa shape index (κ2) is 12.8. The van der Waals surface area contributed by atoms with Crippen LogP contribution in [0.2, 0.25) is 0 Å². The number of carbonyl (C=O) groups excluding carboxylic acids is 2. The fourth-order valence-corrected chi connectivity index (χ4v) is 5.47. The molecule has 42 heavy (non-hydrogen) atoms. The van der Waals surface area contributed by atoms with Crippen LogP contribution in [-0.4, -0.2) is 48.6 Å². The number of hydrogen-bond acceptors (Lipinski definition) is 5. The Morgan fingerprint density at radius 2 is 1.76 bits per heavy atom. The van der Waals surface area contributed by atoms with Gasteiger partial charge in [-0.1, -0.05) is 36.4 Å². The topological polar surface area (TPSA) is 96.7 Å². The van der Waals surface area contributed by atoms with Crippen molar-refractivity contribution < 1.29 is 27.5 Å². The molecular weight excluding hydrogens is 545 g/mol. The van der Waals surface area contributed by atoms with Gasteiger partial charge in [-0.2, -0.15) is 13.2 Å². The second-order valence-corrected chi connectivity index (χ2v) is 10.7. The van der Waals surface area contributed by atoms with Crippen LogP contribution in [0.5, 0.6) is 0 Å². The van der Waals surface area contributed by atoms with Gasteiger partial charge in [0.05, 0.1) is 35.6 Å². The molecule has 3 aromatic carbocycles. The summed E-state index contributed by atoms with van der Waals surface area (Å²) in [7, 11) is 0. The number of nitrogens with zero attached hydrogens (tertiary/aromatic N) is 1. The lowest BCUT2D eigenvalue weighted by Gasteiger charge is -2.27. The average Bonchev–Trinajstić information content (AvgIpc) is 3.59. The van der Waals surface area contributed by atoms with Crippen molar-refractivity contribution in [2.45, 2.75) is 43.5 Å². The summed E-state index contributed by atoms with van der Waals surface area (Å²) in [5.41, 5.74) is 7.95. The minimum Gasteiger partial charge on any atom is -0.397 e. The van der Waals surface area contributed by atoms with Gasteiger partial charge in [-0.3, -0.25) is 14.5 Å². The van der Waals surface area contributed by atoms with Crippen LogP contribution < -0.4 is 16.4 Å². The van der Waals surface area contributed by atoms with E-state index in [0.717, 1.165) is 55.8 Å². The highest BCUT2D eigenvalue weighted by atomic mass is 19.4. The third-order valence-corrected chi connectivity index (χ3v) is 7.73. The Labute approximate surface area is 242 Å². The number of amides is 2. The molecule has 0 radical (unpaired) electrons. The van der Waals surface area contributed by atoms with Crippen LogP contribution >= 0.6 is 0 Å². The molecule has 2 fully saturated rings. The maximum Gasteiger partial charge on any atom is 0.416 e. The van der Waals surface area contributed by atoms with Crippen molar-refractivity contribution in [2.24, 2.45) is 0 Å². The highest BCUT2D eigenvalue weighted by Gasteiger charge is 2.38. The molecule has 4 N–H and O–H groups in total.